The SMILES string of the molecule is CC1(C)CCC(CCCN)N1C(=O)O. The Morgan fingerprint density at radius 1 is 1.64 bits per heavy atom. The van der Waals surface area contributed by atoms with E-state index in [4.69, 9.17) is 10.8 Å². The highest BCUT2D eigenvalue weighted by molar-refractivity contribution is 5.67. The quantitative estimate of drug-likeness (QED) is 0.728. The highest BCUT2D eigenvalue weighted by Gasteiger charge is 2.41. The van der Waals surface area contributed by atoms with Crippen molar-refractivity contribution in [1.29, 1.82) is 0 Å². The lowest BCUT2D eigenvalue weighted by Crippen LogP contribution is -2.46. The first-order valence-corrected chi connectivity index (χ1v) is 5.21. The van der Waals surface area contributed by atoms with Crippen LogP contribution in [-0.2, 0) is 0 Å². The van der Waals surface area contributed by atoms with Crippen LogP contribution in [0.4, 0.5) is 4.79 Å². The molecule has 1 unspecified atom stereocenters. The first-order chi connectivity index (χ1) is 6.49. The van der Waals surface area contributed by atoms with Gasteiger partial charge in [0.15, 0.2) is 0 Å². The van der Waals surface area contributed by atoms with Crippen molar-refractivity contribution >= 4 is 6.09 Å². The zero-order valence-corrected chi connectivity index (χ0v) is 8.99. The Balaban J connectivity index is 2.64. The lowest BCUT2D eigenvalue weighted by molar-refractivity contribution is 0.0934. The predicted molar refractivity (Wildman–Crippen MR) is 55.3 cm³/mol. The maximum Gasteiger partial charge on any atom is 0.407 e. The van der Waals surface area contributed by atoms with Crippen LogP contribution in [-0.4, -0.2) is 34.2 Å². The maximum absolute atomic E-state index is 11.1. The Labute approximate surface area is 85.1 Å². The largest absolute Gasteiger partial charge is 0.465 e. The summed E-state index contributed by atoms with van der Waals surface area (Å²) < 4.78 is 0. The maximum atomic E-state index is 11.1. The number of amides is 1. The number of carbonyl (C=O) groups is 1. The molecule has 0 spiro atoms. The lowest BCUT2D eigenvalue weighted by Gasteiger charge is -2.33. The normalized spacial score (nSPS) is 25.4. The topological polar surface area (TPSA) is 66.6 Å². The van der Waals surface area contributed by atoms with Gasteiger partial charge in [0.05, 0.1) is 0 Å². The van der Waals surface area contributed by atoms with Gasteiger partial charge in [-0.2, -0.15) is 0 Å². The fourth-order valence-electron chi connectivity index (χ4n) is 2.31. The Morgan fingerprint density at radius 2 is 2.29 bits per heavy atom. The van der Waals surface area contributed by atoms with Crippen molar-refractivity contribution in [2.24, 2.45) is 5.73 Å². The number of rotatable bonds is 3. The molecular weight excluding hydrogens is 180 g/mol. The van der Waals surface area contributed by atoms with E-state index in [-0.39, 0.29) is 11.6 Å². The highest BCUT2D eigenvalue weighted by Crippen LogP contribution is 2.35. The van der Waals surface area contributed by atoms with Gasteiger partial charge in [0.25, 0.3) is 0 Å². The van der Waals surface area contributed by atoms with Crippen LogP contribution in [0.25, 0.3) is 0 Å². The number of nitrogens with zero attached hydrogens (tertiary/aromatic N) is 1. The molecule has 0 aromatic heterocycles. The van der Waals surface area contributed by atoms with Gasteiger partial charge in [0.1, 0.15) is 0 Å². The number of likely N-dealkylation sites (tertiary alicyclic amines) is 1. The fourth-order valence-corrected chi connectivity index (χ4v) is 2.31. The molecular formula is C10H20N2O2. The van der Waals surface area contributed by atoms with Crippen LogP contribution in [0.1, 0.15) is 39.5 Å². The van der Waals surface area contributed by atoms with Gasteiger partial charge < -0.3 is 15.7 Å². The van der Waals surface area contributed by atoms with E-state index in [1.165, 1.54) is 0 Å². The van der Waals surface area contributed by atoms with Gasteiger partial charge in [-0.05, 0) is 46.1 Å². The summed E-state index contributed by atoms with van der Waals surface area (Å²) in [5, 5.41) is 9.11. The molecule has 1 saturated heterocycles. The molecule has 4 heteroatoms. The van der Waals surface area contributed by atoms with Gasteiger partial charge in [-0.25, -0.2) is 4.79 Å². The van der Waals surface area contributed by atoms with Gasteiger partial charge in [0, 0.05) is 11.6 Å². The first-order valence-electron chi connectivity index (χ1n) is 5.21. The number of carboxylic acid groups (broad SMARTS) is 1. The van der Waals surface area contributed by atoms with E-state index in [0.29, 0.717) is 6.54 Å². The monoisotopic (exact) mass is 200 g/mol. The summed E-state index contributed by atoms with van der Waals surface area (Å²) in [4.78, 5) is 12.7. The van der Waals surface area contributed by atoms with Crippen molar-refractivity contribution in [2.45, 2.75) is 51.1 Å². The molecule has 0 radical (unpaired) electrons. The molecule has 1 atom stereocenters. The lowest BCUT2D eigenvalue weighted by atomic mass is 10.0. The molecule has 0 bridgehead atoms. The Morgan fingerprint density at radius 3 is 2.79 bits per heavy atom. The third kappa shape index (κ3) is 2.18. The van der Waals surface area contributed by atoms with Crippen molar-refractivity contribution in [2.75, 3.05) is 6.54 Å². The van der Waals surface area contributed by atoms with E-state index in [1.54, 1.807) is 4.90 Å². The first kappa shape index (κ1) is 11.3. The molecule has 14 heavy (non-hydrogen) atoms. The molecule has 0 aromatic rings. The van der Waals surface area contributed by atoms with E-state index >= 15 is 0 Å². The standard InChI is InChI=1S/C10H20N2O2/c1-10(2)6-5-8(4-3-7-11)12(10)9(13)14/h8H,3-7,11H2,1-2H3,(H,13,14). The second-order valence-corrected chi connectivity index (χ2v) is 4.59. The van der Waals surface area contributed by atoms with Crippen LogP contribution in [0.15, 0.2) is 0 Å². The minimum atomic E-state index is -0.797. The van der Waals surface area contributed by atoms with Crippen LogP contribution in [0.5, 0.6) is 0 Å². The summed E-state index contributed by atoms with van der Waals surface area (Å²) in [6.45, 7) is 4.62. The third-order valence-electron chi connectivity index (χ3n) is 3.05. The molecule has 1 fully saturated rings. The number of hydrogen-bond donors (Lipinski definition) is 2. The Hall–Kier alpha value is -0.770. The van der Waals surface area contributed by atoms with Crippen molar-refractivity contribution < 1.29 is 9.90 Å². The van der Waals surface area contributed by atoms with Crippen LogP contribution < -0.4 is 5.73 Å². The Bertz CT molecular complexity index is 216. The predicted octanol–water partition coefficient (Wildman–Crippen LogP) is 1.65. The van der Waals surface area contributed by atoms with E-state index < -0.39 is 6.09 Å². The third-order valence-corrected chi connectivity index (χ3v) is 3.05. The summed E-state index contributed by atoms with van der Waals surface area (Å²) in [6, 6.07) is 0.172. The zero-order chi connectivity index (χ0) is 10.8. The summed E-state index contributed by atoms with van der Waals surface area (Å²) in [6.07, 6.45) is 2.93. The molecule has 1 aliphatic heterocycles. The Kier molecular flexibility index (Phi) is 3.37. The molecule has 4 nitrogen and oxygen atoms in total. The smallest absolute Gasteiger partial charge is 0.407 e. The van der Waals surface area contributed by atoms with E-state index in [0.717, 1.165) is 25.7 Å². The van der Waals surface area contributed by atoms with Crippen LogP contribution >= 0.6 is 0 Å². The van der Waals surface area contributed by atoms with Gasteiger partial charge in [-0.3, -0.25) is 0 Å². The average molecular weight is 200 g/mol. The second kappa shape index (κ2) is 4.17. The zero-order valence-electron chi connectivity index (χ0n) is 8.99. The minimum Gasteiger partial charge on any atom is -0.465 e. The average Bonchev–Trinajstić information content (AvgIpc) is 2.37. The molecule has 3 N–H and O–H groups in total. The number of hydrogen-bond acceptors (Lipinski definition) is 2. The van der Waals surface area contributed by atoms with Crippen molar-refractivity contribution in [3.63, 3.8) is 0 Å². The van der Waals surface area contributed by atoms with Crippen molar-refractivity contribution in [3.8, 4) is 0 Å². The fraction of sp³-hybridized carbons (Fsp3) is 0.900. The molecule has 1 rings (SSSR count). The molecule has 0 saturated carbocycles. The summed E-state index contributed by atoms with van der Waals surface area (Å²) in [7, 11) is 0. The van der Waals surface area contributed by atoms with E-state index in [1.807, 2.05) is 13.8 Å². The number of nitrogens with two attached hydrogens (primary N) is 1. The van der Waals surface area contributed by atoms with E-state index in [9.17, 15) is 4.79 Å². The van der Waals surface area contributed by atoms with E-state index in [2.05, 4.69) is 0 Å². The molecule has 1 aliphatic rings. The molecule has 0 aliphatic carbocycles. The van der Waals surface area contributed by atoms with Gasteiger partial charge in [-0.15, -0.1) is 0 Å². The van der Waals surface area contributed by atoms with Crippen LogP contribution in [0.3, 0.4) is 0 Å². The van der Waals surface area contributed by atoms with Crippen LogP contribution in [0.2, 0.25) is 0 Å². The molecule has 0 aromatic carbocycles. The highest BCUT2D eigenvalue weighted by atomic mass is 16.4. The van der Waals surface area contributed by atoms with Gasteiger partial charge in [-0.1, -0.05) is 0 Å². The summed E-state index contributed by atoms with van der Waals surface area (Å²) >= 11 is 0. The summed E-state index contributed by atoms with van der Waals surface area (Å²) in [5.41, 5.74) is 5.23. The second-order valence-electron chi connectivity index (χ2n) is 4.59. The van der Waals surface area contributed by atoms with Crippen molar-refractivity contribution in [3.05, 3.63) is 0 Å². The van der Waals surface area contributed by atoms with Crippen molar-refractivity contribution in [1.82, 2.24) is 4.90 Å². The van der Waals surface area contributed by atoms with Gasteiger partial charge >= 0.3 is 6.09 Å². The minimum absolute atomic E-state index is 0.172. The molecule has 82 valence electrons. The van der Waals surface area contributed by atoms with Crippen LogP contribution in [0, 0.1) is 0 Å². The molecule has 1 amide bonds. The summed E-state index contributed by atoms with van der Waals surface area (Å²) in [5.74, 6) is 0. The van der Waals surface area contributed by atoms with Gasteiger partial charge in [0.2, 0.25) is 0 Å². The molecule has 1 heterocycles.